The fourth-order valence-corrected chi connectivity index (χ4v) is 3.37. The van der Waals surface area contributed by atoms with Crippen LogP contribution in [-0.2, 0) is 21.2 Å². The summed E-state index contributed by atoms with van der Waals surface area (Å²) in [6, 6.07) is 18.1. The van der Waals surface area contributed by atoms with Gasteiger partial charge in [-0.1, -0.05) is 12.1 Å². The zero-order chi connectivity index (χ0) is 22.4. The molecule has 0 saturated carbocycles. The molecule has 3 rings (SSSR count). The van der Waals surface area contributed by atoms with Crippen LogP contribution >= 0.6 is 0 Å². The highest BCUT2D eigenvalue weighted by Gasteiger charge is 2.16. The smallest absolute Gasteiger partial charge is 0.265 e. The molecule has 0 aliphatic rings. The van der Waals surface area contributed by atoms with Crippen molar-refractivity contribution < 1.29 is 17.9 Å². The van der Waals surface area contributed by atoms with Gasteiger partial charge in [-0.2, -0.15) is 0 Å². The molecule has 1 N–H and O–H groups in total. The van der Waals surface area contributed by atoms with E-state index < -0.39 is 16.1 Å². The second-order valence-electron chi connectivity index (χ2n) is 7.20. The molecule has 3 aromatic rings. The Bertz CT molecular complexity index is 1120. The van der Waals surface area contributed by atoms with Gasteiger partial charge in [0.05, 0.1) is 11.9 Å². The number of hydrogen-bond acceptors (Lipinski definition) is 5. The quantitative estimate of drug-likeness (QED) is 0.581. The zero-order valence-electron chi connectivity index (χ0n) is 17.6. The molecule has 1 heterocycles. The normalized spacial score (nSPS) is 12.1. The van der Waals surface area contributed by atoms with E-state index in [1.165, 1.54) is 16.9 Å². The van der Waals surface area contributed by atoms with Crippen LogP contribution in [0.5, 0.6) is 5.75 Å². The number of carbonyl (C=O) groups excluding carboxylic acids is 1. The molecule has 1 unspecified atom stereocenters. The van der Waals surface area contributed by atoms with Crippen LogP contribution < -0.4 is 14.4 Å². The first-order valence-corrected chi connectivity index (χ1v) is 11.6. The van der Waals surface area contributed by atoms with Gasteiger partial charge in [0.2, 0.25) is 10.0 Å². The van der Waals surface area contributed by atoms with Crippen molar-refractivity contribution in [2.75, 3.05) is 22.9 Å². The zero-order valence-corrected chi connectivity index (χ0v) is 18.5. The molecule has 0 radical (unpaired) electrons. The van der Waals surface area contributed by atoms with E-state index in [-0.39, 0.29) is 5.91 Å². The lowest BCUT2D eigenvalue weighted by Gasteiger charge is -2.18. The third-order valence-corrected chi connectivity index (χ3v) is 5.96. The minimum Gasteiger partial charge on any atom is -0.481 e. The molecule has 1 amide bonds. The van der Waals surface area contributed by atoms with Crippen molar-refractivity contribution in [3.8, 4) is 5.75 Å². The van der Waals surface area contributed by atoms with Gasteiger partial charge in [-0.05, 0) is 73.0 Å². The lowest BCUT2D eigenvalue weighted by atomic mass is 10.1. The van der Waals surface area contributed by atoms with Crippen molar-refractivity contribution in [2.45, 2.75) is 19.4 Å². The monoisotopic (exact) mass is 439 g/mol. The number of hydrogen-bond donors (Lipinski definition) is 1. The summed E-state index contributed by atoms with van der Waals surface area (Å²) in [5.74, 6) is 0.195. The van der Waals surface area contributed by atoms with Gasteiger partial charge in [0.15, 0.2) is 6.10 Å². The van der Waals surface area contributed by atoms with E-state index in [4.69, 9.17) is 4.74 Å². The lowest BCUT2D eigenvalue weighted by molar-refractivity contribution is -0.122. The number of pyridine rings is 1. The molecule has 0 saturated heterocycles. The Morgan fingerprint density at radius 1 is 1.00 bits per heavy atom. The van der Waals surface area contributed by atoms with Gasteiger partial charge >= 0.3 is 0 Å². The summed E-state index contributed by atoms with van der Waals surface area (Å²) in [6.07, 6.45) is 4.73. The molecule has 0 aliphatic heterocycles. The second-order valence-corrected chi connectivity index (χ2v) is 9.22. The van der Waals surface area contributed by atoms with Crippen molar-refractivity contribution in [2.24, 2.45) is 0 Å². The Hall–Kier alpha value is -3.39. The molecular formula is C23H25N3O4S. The van der Waals surface area contributed by atoms with E-state index in [9.17, 15) is 13.2 Å². The Labute approximate surface area is 182 Å². The van der Waals surface area contributed by atoms with Gasteiger partial charge in [-0.3, -0.25) is 14.1 Å². The van der Waals surface area contributed by atoms with Crippen LogP contribution in [0.4, 0.5) is 11.4 Å². The Kier molecular flexibility index (Phi) is 6.91. The van der Waals surface area contributed by atoms with Crippen molar-refractivity contribution >= 4 is 27.3 Å². The number of amides is 1. The maximum Gasteiger partial charge on any atom is 0.265 e. The maximum absolute atomic E-state index is 12.5. The van der Waals surface area contributed by atoms with E-state index in [2.05, 4.69) is 10.3 Å². The summed E-state index contributed by atoms with van der Waals surface area (Å²) in [4.78, 5) is 16.5. The number of anilines is 2. The predicted octanol–water partition coefficient (Wildman–Crippen LogP) is 3.47. The first-order chi connectivity index (χ1) is 14.7. The van der Waals surface area contributed by atoms with Crippen molar-refractivity contribution in [1.29, 1.82) is 0 Å². The third kappa shape index (κ3) is 6.29. The van der Waals surface area contributed by atoms with E-state index in [1.54, 1.807) is 43.6 Å². The minimum atomic E-state index is -3.34. The number of rotatable bonds is 8. The number of sulfonamides is 1. The highest BCUT2D eigenvalue weighted by atomic mass is 32.2. The van der Waals surface area contributed by atoms with Crippen molar-refractivity contribution in [3.63, 3.8) is 0 Å². The van der Waals surface area contributed by atoms with Gasteiger partial charge in [0, 0.05) is 25.1 Å². The number of ether oxygens (including phenoxy) is 1. The maximum atomic E-state index is 12.5. The van der Waals surface area contributed by atoms with E-state index in [0.717, 1.165) is 18.2 Å². The van der Waals surface area contributed by atoms with Crippen LogP contribution in [0.2, 0.25) is 0 Å². The molecule has 0 spiro atoms. The van der Waals surface area contributed by atoms with Crippen molar-refractivity contribution in [1.82, 2.24) is 4.98 Å². The Morgan fingerprint density at radius 2 is 1.58 bits per heavy atom. The molecule has 31 heavy (non-hydrogen) atoms. The Balaban J connectivity index is 1.55. The fourth-order valence-electron chi connectivity index (χ4n) is 2.87. The van der Waals surface area contributed by atoms with Crippen LogP contribution in [0.3, 0.4) is 0 Å². The van der Waals surface area contributed by atoms with E-state index in [1.807, 2.05) is 36.4 Å². The molecule has 0 bridgehead atoms. The fraction of sp³-hybridized carbons (Fsp3) is 0.217. The molecule has 2 aromatic carbocycles. The average Bonchev–Trinajstić information content (AvgIpc) is 2.75. The first-order valence-electron chi connectivity index (χ1n) is 9.72. The Morgan fingerprint density at radius 3 is 2.16 bits per heavy atom. The highest BCUT2D eigenvalue weighted by molar-refractivity contribution is 7.92. The SMILES string of the molecule is CC(Oc1ccc(N(C)S(C)(=O)=O)cc1)C(=O)Nc1ccc(Cc2ccncc2)cc1. The van der Waals surface area contributed by atoms with Crippen LogP contribution in [0.1, 0.15) is 18.1 Å². The van der Waals surface area contributed by atoms with E-state index in [0.29, 0.717) is 17.1 Å². The number of carbonyl (C=O) groups is 1. The topological polar surface area (TPSA) is 88.6 Å². The summed E-state index contributed by atoms with van der Waals surface area (Å²) in [5.41, 5.74) is 3.50. The number of nitrogens with one attached hydrogen (secondary N) is 1. The summed E-state index contributed by atoms with van der Waals surface area (Å²) >= 11 is 0. The number of aromatic nitrogens is 1. The molecule has 7 nitrogen and oxygen atoms in total. The van der Waals surface area contributed by atoms with Gasteiger partial charge < -0.3 is 10.1 Å². The van der Waals surface area contributed by atoms with Gasteiger partial charge in [-0.15, -0.1) is 0 Å². The second kappa shape index (κ2) is 9.61. The molecule has 0 aliphatic carbocycles. The number of nitrogens with zero attached hydrogens (tertiary/aromatic N) is 2. The summed E-state index contributed by atoms with van der Waals surface area (Å²) in [5, 5.41) is 2.84. The molecule has 8 heteroatoms. The van der Waals surface area contributed by atoms with Crippen molar-refractivity contribution in [3.05, 3.63) is 84.2 Å². The summed E-state index contributed by atoms with van der Waals surface area (Å²) in [6.45, 7) is 1.66. The third-order valence-electron chi connectivity index (χ3n) is 4.76. The van der Waals surface area contributed by atoms with Crippen LogP contribution in [-0.4, -0.2) is 38.7 Å². The summed E-state index contributed by atoms with van der Waals surface area (Å²) < 4.78 is 30.1. The van der Waals surface area contributed by atoms with Crippen LogP contribution in [0.15, 0.2) is 73.1 Å². The van der Waals surface area contributed by atoms with Crippen LogP contribution in [0, 0.1) is 0 Å². The highest BCUT2D eigenvalue weighted by Crippen LogP contribution is 2.21. The summed E-state index contributed by atoms with van der Waals surface area (Å²) in [7, 11) is -1.86. The molecule has 1 aromatic heterocycles. The van der Waals surface area contributed by atoms with Crippen LogP contribution in [0.25, 0.3) is 0 Å². The standard InChI is InChI=1S/C23H25N3O4S/c1-17(30-22-10-8-21(9-11-22)26(2)31(3,28)29)23(27)25-20-6-4-18(5-7-20)16-19-12-14-24-15-13-19/h4-15,17H,16H2,1-3H3,(H,25,27). The minimum absolute atomic E-state index is 0.279. The molecular weight excluding hydrogens is 414 g/mol. The lowest BCUT2D eigenvalue weighted by Crippen LogP contribution is -2.30. The molecule has 1 atom stereocenters. The molecule has 0 fully saturated rings. The van der Waals surface area contributed by atoms with Gasteiger partial charge in [0.25, 0.3) is 5.91 Å². The first kappa shape index (κ1) is 22.3. The largest absolute Gasteiger partial charge is 0.481 e. The van der Waals surface area contributed by atoms with Gasteiger partial charge in [-0.25, -0.2) is 8.42 Å². The number of benzene rings is 2. The predicted molar refractivity (Wildman–Crippen MR) is 122 cm³/mol. The van der Waals surface area contributed by atoms with Gasteiger partial charge in [0.1, 0.15) is 5.75 Å². The average molecular weight is 440 g/mol. The van der Waals surface area contributed by atoms with E-state index >= 15 is 0 Å². The molecule has 162 valence electrons.